The summed E-state index contributed by atoms with van der Waals surface area (Å²) in [6.07, 6.45) is 3.32. The van der Waals surface area contributed by atoms with Crippen LogP contribution in [0.15, 0.2) is 0 Å². The van der Waals surface area contributed by atoms with Crippen molar-refractivity contribution in [2.45, 2.75) is 32.2 Å². The van der Waals surface area contributed by atoms with E-state index in [9.17, 15) is 4.79 Å². The van der Waals surface area contributed by atoms with Crippen LogP contribution in [0.5, 0.6) is 0 Å². The van der Waals surface area contributed by atoms with Gasteiger partial charge in [0.15, 0.2) is 0 Å². The lowest BCUT2D eigenvalue weighted by Gasteiger charge is -2.27. The predicted octanol–water partition coefficient (Wildman–Crippen LogP) is 0.311. The van der Waals surface area contributed by atoms with Crippen molar-refractivity contribution in [2.24, 2.45) is 5.92 Å². The molecule has 0 radical (unpaired) electrons. The lowest BCUT2D eigenvalue weighted by Crippen LogP contribution is -2.45. The largest absolute Gasteiger partial charge is 0.396 e. The molecule has 0 aliphatic carbocycles. The summed E-state index contributed by atoms with van der Waals surface area (Å²) in [4.78, 5) is 16.3. The molecule has 2 aliphatic heterocycles. The molecular weight excluding hydrogens is 204 g/mol. The zero-order chi connectivity index (χ0) is 11.5. The molecule has 0 saturated carbocycles. The topological polar surface area (TPSA) is 43.8 Å². The van der Waals surface area contributed by atoms with Gasteiger partial charge in [-0.05, 0) is 38.6 Å². The SMILES string of the molecule is CC(C(=O)N1CCCC1)N1CCC(CO)C1. The fourth-order valence-electron chi connectivity index (χ4n) is 2.72. The smallest absolute Gasteiger partial charge is 0.239 e. The van der Waals surface area contributed by atoms with Gasteiger partial charge in [0.25, 0.3) is 0 Å². The van der Waals surface area contributed by atoms with E-state index < -0.39 is 0 Å². The number of hydrogen-bond acceptors (Lipinski definition) is 3. The third kappa shape index (κ3) is 2.38. The van der Waals surface area contributed by atoms with Crippen LogP contribution in [0.25, 0.3) is 0 Å². The summed E-state index contributed by atoms with van der Waals surface area (Å²) in [5, 5.41) is 9.09. The molecular formula is C12H22N2O2. The second-order valence-corrected chi connectivity index (χ2v) is 5.04. The lowest BCUT2D eigenvalue weighted by atomic mass is 10.1. The van der Waals surface area contributed by atoms with Gasteiger partial charge in [0, 0.05) is 26.2 Å². The Morgan fingerprint density at radius 2 is 2.06 bits per heavy atom. The van der Waals surface area contributed by atoms with Crippen LogP contribution in [0.4, 0.5) is 0 Å². The Morgan fingerprint density at radius 1 is 1.38 bits per heavy atom. The minimum atomic E-state index is -0.00495. The van der Waals surface area contributed by atoms with E-state index in [1.54, 1.807) is 0 Å². The summed E-state index contributed by atoms with van der Waals surface area (Å²) in [7, 11) is 0. The third-order valence-corrected chi connectivity index (χ3v) is 3.90. The molecule has 0 bridgehead atoms. The fourth-order valence-corrected chi connectivity index (χ4v) is 2.72. The Bertz CT molecular complexity index is 251. The molecule has 1 N–H and O–H groups in total. The van der Waals surface area contributed by atoms with Crippen molar-refractivity contribution in [2.75, 3.05) is 32.8 Å². The first kappa shape index (κ1) is 11.9. The zero-order valence-electron chi connectivity index (χ0n) is 10.1. The van der Waals surface area contributed by atoms with Crippen molar-refractivity contribution in [1.29, 1.82) is 0 Å². The number of likely N-dealkylation sites (tertiary alicyclic amines) is 2. The standard InChI is InChI=1S/C12H22N2O2/c1-10(12(16)13-5-2-3-6-13)14-7-4-11(8-14)9-15/h10-11,15H,2-9H2,1H3. The second kappa shape index (κ2) is 5.15. The third-order valence-electron chi connectivity index (χ3n) is 3.90. The van der Waals surface area contributed by atoms with Crippen LogP contribution in [0.3, 0.4) is 0 Å². The average molecular weight is 226 g/mol. The highest BCUT2D eigenvalue weighted by Gasteiger charge is 2.32. The number of carbonyl (C=O) groups is 1. The molecule has 16 heavy (non-hydrogen) atoms. The van der Waals surface area contributed by atoms with E-state index in [2.05, 4.69) is 4.90 Å². The van der Waals surface area contributed by atoms with Crippen molar-refractivity contribution < 1.29 is 9.90 Å². The van der Waals surface area contributed by atoms with Gasteiger partial charge in [0.05, 0.1) is 6.04 Å². The summed E-state index contributed by atoms with van der Waals surface area (Å²) < 4.78 is 0. The van der Waals surface area contributed by atoms with E-state index in [1.807, 2.05) is 11.8 Å². The number of amides is 1. The second-order valence-electron chi connectivity index (χ2n) is 5.04. The maximum absolute atomic E-state index is 12.1. The van der Waals surface area contributed by atoms with Gasteiger partial charge in [-0.3, -0.25) is 9.69 Å². The predicted molar refractivity (Wildman–Crippen MR) is 62.0 cm³/mol. The quantitative estimate of drug-likeness (QED) is 0.753. The number of rotatable bonds is 3. The Kier molecular flexibility index (Phi) is 3.82. The Labute approximate surface area is 97.2 Å². The molecule has 2 atom stereocenters. The van der Waals surface area contributed by atoms with E-state index in [4.69, 9.17) is 5.11 Å². The Hall–Kier alpha value is -0.610. The molecule has 2 fully saturated rings. The van der Waals surface area contributed by atoms with E-state index in [0.29, 0.717) is 5.92 Å². The molecule has 0 aromatic heterocycles. The van der Waals surface area contributed by atoms with Crippen molar-refractivity contribution in [3.8, 4) is 0 Å². The molecule has 92 valence electrons. The number of aliphatic hydroxyl groups is 1. The summed E-state index contributed by atoms with van der Waals surface area (Å²) in [5.41, 5.74) is 0. The normalized spacial score (nSPS) is 28.6. The first-order chi connectivity index (χ1) is 7.72. The monoisotopic (exact) mass is 226 g/mol. The van der Waals surface area contributed by atoms with Crippen molar-refractivity contribution in [3.63, 3.8) is 0 Å². The van der Waals surface area contributed by atoms with Crippen LogP contribution in [-0.2, 0) is 4.79 Å². The van der Waals surface area contributed by atoms with E-state index >= 15 is 0 Å². The van der Waals surface area contributed by atoms with Gasteiger partial charge < -0.3 is 10.0 Å². The van der Waals surface area contributed by atoms with Gasteiger partial charge in [0.1, 0.15) is 0 Å². The molecule has 4 nitrogen and oxygen atoms in total. The summed E-state index contributed by atoms with van der Waals surface area (Å²) in [6.45, 7) is 5.94. The van der Waals surface area contributed by atoms with Crippen LogP contribution in [-0.4, -0.2) is 59.6 Å². The van der Waals surface area contributed by atoms with Crippen molar-refractivity contribution in [1.82, 2.24) is 9.80 Å². The first-order valence-electron chi connectivity index (χ1n) is 6.36. The number of nitrogens with zero attached hydrogens (tertiary/aromatic N) is 2. The van der Waals surface area contributed by atoms with Crippen molar-refractivity contribution >= 4 is 5.91 Å². The maximum Gasteiger partial charge on any atom is 0.239 e. The summed E-state index contributed by atoms with van der Waals surface area (Å²) >= 11 is 0. The van der Waals surface area contributed by atoms with E-state index in [1.165, 1.54) is 0 Å². The molecule has 0 spiro atoms. The van der Waals surface area contributed by atoms with Gasteiger partial charge in [-0.2, -0.15) is 0 Å². The molecule has 2 unspecified atom stereocenters. The summed E-state index contributed by atoms with van der Waals surface area (Å²) in [5.74, 6) is 0.643. The van der Waals surface area contributed by atoms with Gasteiger partial charge in [-0.25, -0.2) is 0 Å². The molecule has 2 heterocycles. The first-order valence-corrected chi connectivity index (χ1v) is 6.36. The van der Waals surface area contributed by atoms with Gasteiger partial charge in [-0.15, -0.1) is 0 Å². The Balaban J connectivity index is 1.87. The highest BCUT2D eigenvalue weighted by atomic mass is 16.3. The fraction of sp³-hybridized carbons (Fsp3) is 0.917. The van der Waals surface area contributed by atoms with Gasteiger partial charge in [0.2, 0.25) is 5.91 Å². The molecule has 2 aliphatic rings. The molecule has 2 rings (SSSR count). The minimum Gasteiger partial charge on any atom is -0.396 e. The Morgan fingerprint density at radius 3 is 2.62 bits per heavy atom. The van der Waals surface area contributed by atoms with E-state index in [0.717, 1.165) is 45.4 Å². The minimum absolute atomic E-state index is 0.00495. The highest BCUT2D eigenvalue weighted by molar-refractivity contribution is 5.81. The number of aliphatic hydroxyl groups excluding tert-OH is 1. The molecule has 0 aromatic carbocycles. The lowest BCUT2D eigenvalue weighted by molar-refractivity contribution is -0.135. The van der Waals surface area contributed by atoms with Gasteiger partial charge in [-0.1, -0.05) is 0 Å². The van der Waals surface area contributed by atoms with Gasteiger partial charge >= 0.3 is 0 Å². The van der Waals surface area contributed by atoms with Crippen LogP contribution in [0.2, 0.25) is 0 Å². The average Bonchev–Trinajstić information content (AvgIpc) is 2.97. The molecule has 4 heteroatoms. The molecule has 0 aromatic rings. The van der Waals surface area contributed by atoms with Crippen LogP contribution >= 0.6 is 0 Å². The van der Waals surface area contributed by atoms with Crippen LogP contribution in [0, 0.1) is 5.92 Å². The van der Waals surface area contributed by atoms with E-state index in [-0.39, 0.29) is 18.6 Å². The highest BCUT2D eigenvalue weighted by Crippen LogP contribution is 2.20. The van der Waals surface area contributed by atoms with Crippen LogP contribution in [0.1, 0.15) is 26.2 Å². The number of hydrogen-bond donors (Lipinski definition) is 1. The zero-order valence-corrected chi connectivity index (χ0v) is 10.1. The summed E-state index contributed by atoms with van der Waals surface area (Å²) in [6, 6.07) is -0.00495. The van der Waals surface area contributed by atoms with Crippen molar-refractivity contribution in [3.05, 3.63) is 0 Å². The van der Waals surface area contributed by atoms with Crippen LogP contribution < -0.4 is 0 Å². The molecule has 1 amide bonds. The maximum atomic E-state index is 12.1. The number of carbonyl (C=O) groups excluding carboxylic acids is 1. The molecule has 2 saturated heterocycles.